The molecule has 3 aliphatic rings. The summed E-state index contributed by atoms with van der Waals surface area (Å²) in [7, 11) is 0. The zero-order chi connectivity index (χ0) is 26.0. The van der Waals surface area contributed by atoms with Gasteiger partial charge in [-0.05, 0) is 56.6 Å². The monoisotopic (exact) mass is 534 g/mol. The minimum atomic E-state index is -4.24. The second kappa shape index (κ2) is 11.1. The highest BCUT2D eigenvalue weighted by Crippen LogP contribution is 2.40. The molecule has 11 heteroatoms. The molecule has 0 bridgehead atoms. The third-order valence-electron chi connectivity index (χ3n) is 7.92. The van der Waals surface area contributed by atoms with Crippen LogP contribution in [0.4, 0.5) is 19.0 Å². The van der Waals surface area contributed by atoms with Gasteiger partial charge in [-0.1, -0.05) is 0 Å². The minimum Gasteiger partial charge on any atom is -0.396 e. The molecule has 3 unspecified atom stereocenters. The lowest BCUT2D eigenvalue weighted by Crippen LogP contribution is -2.44. The Bertz CT molecular complexity index is 1150. The molecule has 4 heterocycles. The molecule has 2 aliphatic heterocycles. The third kappa shape index (κ3) is 6.19. The summed E-state index contributed by atoms with van der Waals surface area (Å²) in [6.07, 6.45) is 4.33. The molecule has 1 aliphatic carbocycles. The molecule has 2 aromatic rings. The Balaban J connectivity index is 1.12. The first-order valence-electron chi connectivity index (χ1n) is 13.1. The van der Waals surface area contributed by atoms with Gasteiger partial charge in [0, 0.05) is 55.7 Å². The molecule has 2 aromatic heterocycles. The number of alkyl halides is 3. The number of rotatable bonds is 8. The number of likely N-dealkylation sites (tertiary alicyclic amines) is 1. The van der Waals surface area contributed by atoms with E-state index in [-0.39, 0.29) is 17.5 Å². The average molecular weight is 535 g/mol. The number of thiophene rings is 1. The number of allylic oxidation sites excluding steroid dienone is 1. The number of nitriles is 1. The number of aliphatic hydroxyl groups is 1. The molecule has 1 saturated carbocycles. The topological polar surface area (TPSA) is 88.3 Å². The summed E-state index contributed by atoms with van der Waals surface area (Å²) in [5.74, 6) is 1.65. The fourth-order valence-corrected chi connectivity index (χ4v) is 7.27. The first-order chi connectivity index (χ1) is 17.8. The maximum absolute atomic E-state index is 12.8. The number of anilines is 1. The van der Waals surface area contributed by atoms with E-state index in [0.29, 0.717) is 40.3 Å². The predicted molar refractivity (Wildman–Crippen MR) is 137 cm³/mol. The number of aromatic nitrogens is 2. The van der Waals surface area contributed by atoms with E-state index >= 15 is 0 Å². The number of hydrogen-bond acceptors (Lipinski definition) is 8. The van der Waals surface area contributed by atoms with E-state index in [1.54, 1.807) is 6.07 Å². The summed E-state index contributed by atoms with van der Waals surface area (Å²) >= 11 is 1.08. The zero-order valence-electron chi connectivity index (χ0n) is 20.8. The Morgan fingerprint density at radius 1 is 1.19 bits per heavy atom. The van der Waals surface area contributed by atoms with Crippen LogP contribution >= 0.6 is 11.3 Å². The van der Waals surface area contributed by atoms with E-state index in [1.165, 1.54) is 6.33 Å². The number of aliphatic hydroxyl groups excluding tert-OH is 1. The zero-order valence-corrected chi connectivity index (χ0v) is 21.6. The van der Waals surface area contributed by atoms with Gasteiger partial charge in [-0.3, -0.25) is 0 Å². The van der Waals surface area contributed by atoms with Gasteiger partial charge < -0.3 is 20.2 Å². The van der Waals surface area contributed by atoms with E-state index in [1.807, 2.05) is 0 Å². The molecule has 37 heavy (non-hydrogen) atoms. The summed E-state index contributed by atoms with van der Waals surface area (Å²) in [5, 5.41) is 22.9. The molecule has 2 N–H and O–H groups in total. The van der Waals surface area contributed by atoms with Crippen LogP contribution in [0, 0.1) is 23.2 Å². The highest BCUT2D eigenvalue weighted by Gasteiger charge is 2.39. The summed E-state index contributed by atoms with van der Waals surface area (Å²) in [6, 6.07) is 4.55. The first kappa shape index (κ1) is 26.2. The van der Waals surface area contributed by atoms with Gasteiger partial charge in [0.05, 0.1) is 11.8 Å². The SMILES string of the molecule is N#CC1=CC2CC(CN3CCC(Nc4ncnc5sc(CC(F)(F)F)cc45)CC3)CCC2N1CCCO. The van der Waals surface area contributed by atoms with Crippen LogP contribution in [0.15, 0.2) is 24.2 Å². The molecule has 0 aromatic carbocycles. The summed E-state index contributed by atoms with van der Waals surface area (Å²) in [5.41, 5.74) is 0.769. The Kier molecular flexibility index (Phi) is 7.88. The van der Waals surface area contributed by atoms with E-state index in [4.69, 9.17) is 0 Å². The number of fused-ring (bicyclic) bond motifs is 2. The van der Waals surface area contributed by atoms with Gasteiger partial charge in [0.15, 0.2) is 0 Å². The van der Waals surface area contributed by atoms with Crippen LogP contribution in [0.25, 0.3) is 10.2 Å². The molecule has 200 valence electrons. The van der Waals surface area contributed by atoms with Crippen molar-refractivity contribution in [2.75, 3.05) is 38.1 Å². The van der Waals surface area contributed by atoms with Crippen molar-refractivity contribution >= 4 is 27.4 Å². The van der Waals surface area contributed by atoms with E-state index in [0.717, 1.165) is 75.3 Å². The number of nitrogens with zero attached hydrogens (tertiary/aromatic N) is 5. The van der Waals surface area contributed by atoms with Crippen molar-refractivity contribution in [3.63, 3.8) is 0 Å². The van der Waals surface area contributed by atoms with Crippen molar-refractivity contribution in [3.8, 4) is 6.07 Å². The molecule has 2 fully saturated rings. The van der Waals surface area contributed by atoms with E-state index in [2.05, 4.69) is 37.2 Å². The largest absolute Gasteiger partial charge is 0.396 e. The lowest BCUT2D eigenvalue weighted by atomic mass is 9.78. The lowest BCUT2D eigenvalue weighted by molar-refractivity contribution is -0.126. The van der Waals surface area contributed by atoms with Crippen molar-refractivity contribution in [3.05, 3.63) is 29.0 Å². The maximum Gasteiger partial charge on any atom is 0.393 e. The second-order valence-corrected chi connectivity index (χ2v) is 11.6. The third-order valence-corrected chi connectivity index (χ3v) is 8.97. The Labute approximate surface area is 219 Å². The van der Waals surface area contributed by atoms with Crippen molar-refractivity contribution in [1.29, 1.82) is 5.26 Å². The molecule has 3 atom stereocenters. The highest BCUT2D eigenvalue weighted by atomic mass is 32.1. The van der Waals surface area contributed by atoms with Crippen LogP contribution < -0.4 is 5.32 Å². The second-order valence-electron chi connectivity index (χ2n) is 10.5. The summed E-state index contributed by atoms with van der Waals surface area (Å²) in [4.78, 5) is 14.1. The smallest absolute Gasteiger partial charge is 0.393 e. The molecule has 1 saturated heterocycles. The Hall–Kier alpha value is -2.42. The Morgan fingerprint density at radius 2 is 2.00 bits per heavy atom. The van der Waals surface area contributed by atoms with Gasteiger partial charge in [0.1, 0.15) is 28.7 Å². The van der Waals surface area contributed by atoms with Crippen LogP contribution in [-0.4, -0.2) is 75.9 Å². The van der Waals surface area contributed by atoms with Crippen molar-refractivity contribution in [2.24, 2.45) is 11.8 Å². The lowest BCUT2D eigenvalue weighted by Gasteiger charge is -2.40. The molecular formula is C26H33F3N6OS. The van der Waals surface area contributed by atoms with Crippen molar-refractivity contribution in [2.45, 2.75) is 63.2 Å². The van der Waals surface area contributed by atoms with Crippen LogP contribution in [0.5, 0.6) is 0 Å². The first-order valence-corrected chi connectivity index (χ1v) is 13.9. The van der Waals surface area contributed by atoms with Gasteiger partial charge in [-0.15, -0.1) is 11.3 Å². The fourth-order valence-electron chi connectivity index (χ4n) is 6.24. The molecular weight excluding hydrogens is 501 g/mol. The van der Waals surface area contributed by atoms with Gasteiger partial charge in [0.25, 0.3) is 0 Å². The number of piperidine rings is 1. The van der Waals surface area contributed by atoms with Gasteiger partial charge in [-0.2, -0.15) is 18.4 Å². The normalized spacial score (nSPS) is 25.2. The predicted octanol–water partition coefficient (Wildman–Crippen LogP) is 4.56. The minimum absolute atomic E-state index is 0.147. The van der Waals surface area contributed by atoms with Crippen LogP contribution in [0.1, 0.15) is 43.4 Å². The highest BCUT2D eigenvalue weighted by molar-refractivity contribution is 7.18. The van der Waals surface area contributed by atoms with Crippen molar-refractivity contribution in [1.82, 2.24) is 19.8 Å². The fraction of sp³-hybridized carbons (Fsp3) is 0.654. The molecule has 0 spiro atoms. The van der Waals surface area contributed by atoms with Gasteiger partial charge in [0.2, 0.25) is 0 Å². The molecule has 0 radical (unpaired) electrons. The summed E-state index contributed by atoms with van der Waals surface area (Å²) < 4.78 is 38.5. The molecule has 7 nitrogen and oxygen atoms in total. The van der Waals surface area contributed by atoms with E-state index < -0.39 is 12.6 Å². The Morgan fingerprint density at radius 3 is 2.73 bits per heavy atom. The van der Waals surface area contributed by atoms with Crippen LogP contribution in [0.3, 0.4) is 0 Å². The molecule has 5 rings (SSSR count). The van der Waals surface area contributed by atoms with E-state index in [9.17, 15) is 23.5 Å². The van der Waals surface area contributed by atoms with Crippen LogP contribution in [0.2, 0.25) is 0 Å². The number of halogens is 3. The van der Waals surface area contributed by atoms with Gasteiger partial charge in [-0.25, -0.2) is 9.97 Å². The standard InChI is InChI=1S/C26H33F3N6OS/c27-26(28,29)13-21-12-22-24(31-16-32-25(22)37-21)33-19-4-7-34(8-5-19)15-17-2-3-23-18(10-17)11-20(14-30)35(23)6-1-9-36/h11-12,16-19,23,36H,1-10,13,15H2,(H,31,32,33). The average Bonchev–Trinajstić information content (AvgIpc) is 3.43. The number of nitrogens with one attached hydrogen (secondary N) is 1. The van der Waals surface area contributed by atoms with Crippen LogP contribution in [-0.2, 0) is 6.42 Å². The van der Waals surface area contributed by atoms with Gasteiger partial charge >= 0.3 is 6.18 Å². The van der Waals surface area contributed by atoms with Crippen molar-refractivity contribution < 1.29 is 18.3 Å². The number of hydrogen-bond donors (Lipinski definition) is 2. The maximum atomic E-state index is 12.8. The summed E-state index contributed by atoms with van der Waals surface area (Å²) in [6.45, 7) is 3.90. The quantitative estimate of drug-likeness (QED) is 0.513. The molecule has 0 amide bonds.